The van der Waals surface area contributed by atoms with Crippen molar-refractivity contribution in [1.29, 1.82) is 0 Å². The predicted molar refractivity (Wildman–Crippen MR) is 77.0 cm³/mol. The Kier molecular flexibility index (Phi) is 5.00. The van der Waals surface area contributed by atoms with Gasteiger partial charge < -0.3 is 9.47 Å². The van der Waals surface area contributed by atoms with Gasteiger partial charge in [0.2, 0.25) is 6.29 Å². The van der Waals surface area contributed by atoms with Gasteiger partial charge in [-0.15, -0.1) is 0 Å². The molecule has 1 aliphatic heterocycles. The number of halogens is 3. The van der Waals surface area contributed by atoms with Gasteiger partial charge in [0.15, 0.2) is 0 Å². The van der Waals surface area contributed by atoms with Gasteiger partial charge in [-0.3, -0.25) is 0 Å². The van der Waals surface area contributed by atoms with E-state index in [2.05, 4.69) is 0 Å². The summed E-state index contributed by atoms with van der Waals surface area (Å²) < 4.78 is 50.1. The van der Waals surface area contributed by atoms with Gasteiger partial charge in [0, 0.05) is 5.92 Å². The lowest BCUT2D eigenvalue weighted by Crippen LogP contribution is -2.28. The Labute approximate surface area is 130 Å². The van der Waals surface area contributed by atoms with E-state index in [0.29, 0.717) is 6.08 Å². The molecule has 3 fully saturated rings. The van der Waals surface area contributed by atoms with Crippen LogP contribution in [0.4, 0.5) is 13.2 Å². The van der Waals surface area contributed by atoms with E-state index in [0.717, 1.165) is 51.4 Å². The molecule has 0 amide bonds. The van der Waals surface area contributed by atoms with Crippen molar-refractivity contribution < 1.29 is 22.6 Å². The molecule has 0 aromatic carbocycles. The minimum Gasteiger partial charge on any atom is -0.466 e. The standard InChI is InChI=1S/C17H25F3O2/c18-17(19,20)11-14-15(12-7-3-1-4-8-12)22-16(21-14)13-9-5-2-6-10-13/h11-13,15-16H,1-10H2/b14-11-. The van der Waals surface area contributed by atoms with E-state index < -0.39 is 18.6 Å². The molecule has 5 heteroatoms. The molecule has 0 N–H and O–H groups in total. The van der Waals surface area contributed by atoms with Gasteiger partial charge in [-0.25, -0.2) is 0 Å². The maximum atomic E-state index is 12.8. The number of rotatable bonds is 2. The Morgan fingerprint density at radius 3 is 1.91 bits per heavy atom. The first-order valence-electron chi connectivity index (χ1n) is 8.64. The fourth-order valence-electron chi connectivity index (χ4n) is 4.11. The molecule has 126 valence electrons. The van der Waals surface area contributed by atoms with Gasteiger partial charge >= 0.3 is 6.18 Å². The number of ether oxygens (including phenoxy) is 2. The fraction of sp³-hybridized carbons (Fsp3) is 0.882. The van der Waals surface area contributed by atoms with Crippen LogP contribution in [0.2, 0.25) is 0 Å². The zero-order chi connectivity index (χ0) is 15.6. The molecule has 1 heterocycles. The van der Waals surface area contributed by atoms with Crippen molar-refractivity contribution in [2.45, 2.75) is 82.8 Å². The number of hydrogen-bond acceptors (Lipinski definition) is 2. The molecule has 2 atom stereocenters. The van der Waals surface area contributed by atoms with Crippen molar-refractivity contribution in [2.24, 2.45) is 11.8 Å². The lowest BCUT2D eigenvalue weighted by molar-refractivity contribution is -0.111. The van der Waals surface area contributed by atoms with Crippen LogP contribution < -0.4 is 0 Å². The minimum absolute atomic E-state index is 0.0231. The third kappa shape index (κ3) is 3.98. The lowest BCUT2D eigenvalue weighted by Gasteiger charge is -2.28. The van der Waals surface area contributed by atoms with Gasteiger partial charge in [0.1, 0.15) is 11.9 Å². The fourth-order valence-corrected chi connectivity index (χ4v) is 4.11. The highest BCUT2D eigenvalue weighted by molar-refractivity contribution is 5.10. The third-order valence-corrected chi connectivity index (χ3v) is 5.23. The van der Waals surface area contributed by atoms with Crippen LogP contribution in [-0.2, 0) is 9.47 Å². The summed E-state index contributed by atoms with van der Waals surface area (Å²) in [5.41, 5.74) is 0. The number of alkyl halides is 3. The highest BCUT2D eigenvalue weighted by Gasteiger charge is 2.43. The van der Waals surface area contributed by atoms with E-state index in [1.54, 1.807) is 0 Å². The van der Waals surface area contributed by atoms with E-state index in [4.69, 9.17) is 9.47 Å². The predicted octanol–water partition coefficient (Wildman–Crippen LogP) is 5.33. The monoisotopic (exact) mass is 318 g/mol. The van der Waals surface area contributed by atoms with Crippen molar-refractivity contribution in [1.82, 2.24) is 0 Å². The molecule has 3 aliphatic rings. The summed E-state index contributed by atoms with van der Waals surface area (Å²) in [6.45, 7) is 0. The molecule has 0 bridgehead atoms. The second kappa shape index (κ2) is 6.81. The maximum Gasteiger partial charge on any atom is 0.413 e. The van der Waals surface area contributed by atoms with Crippen LogP contribution in [0.3, 0.4) is 0 Å². The highest BCUT2D eigenvalue weighted by atomic mass is 19.4. The van der Waals surface area contributed by atoms with Gasteiger partial charge in [-0.2, -0.15) is 13.2 Å². The molecular formula is C17H25F3O2. The molecule has 2 aliphatic carbocycles. The third-order valence-electron chi connectivity index (χ3n) is 5.23. The van der Waals surface area contributed by atoms with Gasteiger partial charge in [-0.05, 0) is 31.6 Å². The van der Waals surface area contributed by atoms with Crippen LogP contribution in [0.15, 0.2) is 11.8 Å². The summed E-state index contributed by atoms with van der Waals surface area (Å²) in [5.74, 6) is 0.449. The van der Waals surface area contributed by atoms with Gasteiger partial charge in [-0.1, -0.05) is 38.5 Å². The Morgan fingerprint density at radius 2 is 1.36 bits per heavy atom. The van der Waals surface area contributed by atoms with Crippen LogP contribution in [-0.4, -0.2) is 18.6 Å². The average molecular weight is 318 g/mol. The van der Waals surface area contributed by atoms with Crippen molar-refractivity contribution >= 4 is 0 Å². The maximum absolute atomic E-state index is 12.8. The first-order valence-corrected chi connectivity index (χ1v) is 8.64. The van der Waals surface area contributed by atoms with E-state index >= 15 is 0 Å². The molecule has 0 aromatic rings. The number of hydrogen-bond donors (Lipinski definition) is 0. The first-order chi connectivity index (χ1) is 10.5. The summed E-state index contributed by atoms with van der Waals surface area (Å²) in [6.07, 6.45) is 5.71. The van der Waals surface area contributed by atoms with E-state index in [9.17, 15) is 13.2 Å². The Hall–Kier alpha value is -0.710. The van der Waals surface area contributed by atoms with Crippen molar-refractivity contribution in [2.75, 3.05) is 0 Å². The molecule has 0 spiro atoms. The van der Waals surface area contributed by atoms with Crippen molar-refractivity contribution in [3.8, 4) is 0 Å². The summed E-state index contributed by atoms with van der Waals surface area (Å²) >= 11 is 0. The van der Waals surface area contributed by atoms with Crippen molar-refractivity contribution in [3.63, 3.8) is 0 Å². The highest BCUT2D eigenvalue weighted by Crippen LogP contribution is 2.42. The Morgan fingerprint density at radius 1 is 0.818 bits per heavy atom. The molecule has 3 rings (SSSR count). The molecule has 2 saturated carbocycles. The summed E-state index contributed by atoms with van der Waals surface area (Å²) in [7, 11) is 0. The SMILES string of the molecule is FC(F)(F)/C=C1\OC(C2CCCCC2)OC1C1CCCCC1. The van der Waals surface area contributed by atoms with Crippen LogP contribution in [0.5, 0.6) is 0 Å². The molecule has 2 nitrogen and oxygen atoms in total. The van der Waals surface area contributed by atoms with Crippen LogP contribution in [0.25, 0.3) is 0 Å². The van der Waals surface area contributed by atoms with E-state index in [1.807, 2.05) is 0 Å². The summed E-state index contributed by atoms with van der Waals surface area (Å²) in [4.78, 5) is 0. The largest absolute Gasteiger partial charge is 0.466 e. The van der Waals surface area contributed by atoms with Gasteiger partial charge in [0.25, 0.3) is 0 Å². The zero-order valence-corrected chi connectivity index (χ0v) is 12.9. The molecule has 0 radical (unpaired) electrons. The zero-order valence-electron chi connectivity index (χ0n) is 12.9. The summed E-state index contributed by atoms with van der Waals surface area (Å²) in [5, 5.41) is 0. The number of allylic oxidation sites excluding steroid dienone is 1. The minimum atomic E-state index is -4.34. The van der Waals surface area contributed by atoms with Crippen LogP contribution in [0, 0.1) is 11.8 Å². The first kappa shape index (κ1) is 16.2. The van der Waals surface area contributed by atoms with Crippen LogP contribution in [0.1, 0.15) is 64.2 Å². The lowest BCUT2D eigenvalue weighted by atomic mass is 9.84. The molecule has 1 saturated heterocycles. The van der Waals surface area contributed by atoms with E-state index in [-0.39, 0.29) is 17.6 Å². The Bertz CT molecular complexity index is 393. The second-order valence-corrected chi connectivity index (χ2v) is 6.93. The smallest absolute Gasteiger partial charge is 0.413 e. The molecule has 22 heavy (non-hydrogen) atoms. The Balaban J connectivity index is 1.73. The molecule has 0 aromatic heterocycles. The van der Waals surface area contributed by atoms with Gasteiger partial charge in [0.05, 0.1) is 6.08 Å². The molecule has 2 unspecified atom stereocenters. The quantitative estimate of drug-likeness (QED) is 0.684. The van der Waals surface area contributed by atoms with Crippen molar-refractivity contribution in [3.05, 3.63) is 11.8 Å². The molecular weight excluding hydrogens is 293 g/mol. The average Bonchev–Trinajstić information content (AvgIpc) is 2.91. The van der Waals surface area contributed by atoms with Crippen LogP contribution >= 0.6 is 0 Å². The normalized spacial score (nSPS) is 34.0. The topological polar surface area (TPSA) is 18.5 Å². The summed E-state index contributed by atoms with van der Waals surface area (Å²) in [6, 6.07) is 0. The second-order valence-electron chi connectivity index (χ2n) is 6.93. The van der Waals surface area contributed by atoms with E-state index in [1.165, 1.54) is 12.8 Å².